The van der Waals surface area contributed by atoms with Crippen molar-refractivity contribution in [2.75, 3.05) is 0 Å². The first-order valence-electron chi connectivity index (χ1n) is 11.2. The van der Waals surface area contributed by atoms with Crippen molar-refractivity contribution < 1.29 is 14.3 Å². The van der Waals surface area contributed by atoms with Crippen LogP contribution < -0.4 is 10.2 Å². The van der Waals surface area contributed by atoms with Crippen LogP contribution in [-0.4, -0.2) is 23.1 Å². The van der Waals surface area contributed by atoms with Crippen molar-refractivity contribution in [3.63, 3.8) is 0 Å². The molecule has 0 fully saturated rings. The molecule has 7 heteroatoms. The van der Waals surface area contributed by atoms with Crippen molar-refractivity contribution in [3.05, 3.63) is 124 Å². The van der Waals surface area contributed by atoms with Gasteiger partial charge in [-0.05, 0) is 48.0 Å². The number of esters is 1. The largest absolute Gasteiger partial charge is 0.422 e. The van der Waals surface area contributed by atoms with Crippen LogP contribution in [0.5, 0.6) is 5.75 Å². The van der Waals surface area contributed by atoms with Crippen molar-refractivity contribution in [1.29, 1.82) is 0 Å². The average molecular weight is 538 g/mol. The molecule has 0 unspecified atom stereocenters. The molecule has 4 aromatic carbocycles. The highest BCUT2D eigenvalue weighted by atomic mass is 79.9. The molecule has 5 aromatic rings. The smallest absolute Gasteiger partial charge is 0.343 e. The first kappa shape index (κ1) is 23.3. The Morgan fingerprint density at radius 1 is 0.861 bits per heavy atom. The third kappa shape index (κ3) is 4.96. The molecule has 6 nitrogen and oxygen atoms in total. The topological polar surface area (TPSA) is 83.5 Å². The zero-order chi connectivity index (χ0) is 24.9. The molecular weight excluding hydrogens is 518 g/mol. The van der Waals surface area contributed by atoms with E-state index in [0.29, 0.717) is 22.6 Å². The predicted octanol–water partition coefficient (Wildman–Crippen LogP) is 6.58. The number of rotatable bonds is 6. The van der Waals surface area contributed by atoms with Crippen LogP contribution in [0.2, 0.25) is 0 Å². The summed E-state index contributed by atoms with van der Waals surface area (Å²) in [6.45, 7) is 0. The van der Waals surface area contributed by atoms with Gasteiger partial charge in [-0.3, -0.25) is 4.79 Å². The van der Waals surface area contributed by atoms with Crippen molar-refractivity contribution in [3.8, 4) is 16.9 Å². The normalized spacial score (nSPS) is 11.0. The van der Waals surface area contributed by atoms with Crippen molar-refractivity contribution in [1.82, 2.24) is 10.4 Å². The Bertz CT molecular complexity index is 1580. The minimum atomic E-state index is -0.475. The van der Waals surface area contributed by atoms with E-state index in [1.54, 1.807) is 48.5 Å². The monoisotopic (exact) mass is 537 g/mol. The number of H-pyrrole nitrogens is 1. The van der Waals surface area contributed by atoms with Crippen LogP contribution in [0.15, 0.2) is 113 Å². The lowest BCUT2D eigenvalue weighted by molar-refractivity contribution is 0.0734. The van der Waals surface area contributed by atoms with Crippen LogP contribution in [0.25, 0.3) is 22.0 Å². The van der Waals surface area contributed by atoms with Crippen molar-refractivity contribution in [2.24, 2.45) is 5.10 Å². The lowest BCUT2D eigenvalue weighted by atomic mass is 10.0. The standard InChI is InChI=1S/C29H20BrN3O3/c30-22-15-16-24-23(17-22)26(19-9-3-1-4-10-19)27(32-24)28(34)33-31-18-21-13-7-8-14-25(21)36-29(35)20-11-5-2-6-12-20/h1-18,32H,(H,33,34). The highest BCUT2D eigenvalue weighted by Crippen LogP contribution is 2.34. The zero-order valence-electron chi connectivity index (χ0n) is 18.9. The molecule has 176 valence electrons. The Morgan fingerprint density at radius 3 is 2.33 bits per heavy atom. The number of hydrogen-bond acceptors (Lipinski definition) is 4. The average Bonchev–Trinajstić information content (AvgIpc) is 3.29. The Hall–Kier alpha value is -4.49. The lowest BCUT2D eigenvalue weighted by Crippen LogP contribution is -2.19. The fraction of sp³-hybridized carbons (Fsp3) is 0. The second-order valence-electron chi connectivity index (χ2n) is 7.92. The maximum Gasteiger partial charge on any atom is 0.343 e. The van der Waals surface area contributed by atoms with E-state index in [1.807, 2.05) is 54.6 Å². The number of ether oxygens (including phenoxy) is 1. The van der Waals surface area contributed by atoms with E-state index in [2.05, 4.69) is 31.4 Å². The molecule has 1 heterocycles. The third-order valence-corrected chi connectivity index (χ3v) is 6.04. The van der Waals surface area contributed by atoms with E-state index in [1.165, 1.54) is 6.21 Å². The van der Waals surface area contributed by atoms with E-state index in [4.69, 9.17) is 4.74 Å². The van der Waals surface area contributed by atoms with Gasteiger partial charge in [-0.2, -0.15) is 5.10 Å². The molecule has 1 amide bonds. The van der Waals surface area contributed by atoms with Crippen LogP contribution >= 0.6 is 15.9 Å². The number of hydrogen-bond donors (Lipinski definition) is 2. The molecule has 1 aromatic heterocycles. The van der Waals surface area contributed by atoms with Gasteiger partial charge in [0.25, 0.3) is 5.91 Å². The van der Waals surface area contributed by atoms with Crippen LogP contribution in [0.3, 0.4) is 0 Å². The van der Waals surface area contributed by atoms with Gasteiger partial charge in [0.2, 0.25) is 0 Å². The summed E-state index contributed by atoms with van der Waals surface area (Å²) in [5, 5.41) is 5.06. The van der Waals surface area contributed by atoms with Crippen molar-refractivity contribution >= 4 is 44.9 Å². The molecule has 0 bridgehead atoms. The molecule has 0 aliphatic heterocycles. The second-order valence-corrected chi connectivity index (χ2v) is 8.84. The maximum absolute atomic E-state index is 13.2. The number of benzene rings is 4. The van der Waals surface area contributed by atoms with E-state index >= 15 is 0 Å². The maximum atomic E-state index is 13.2. The van der Waals surface area contributed by atoms with Gasteiger partial charge in [0.1, 0.15) is 11.4 Å². The van der Waals surface area contributed by atoms with Gasteiger partial charge >= 0.3 is 5.97 Å². The summed E-state index contributed by atoms with van der Waals surface area (Å²) in [4.78, 5) is 28.9. The number of para-hydroxylation sites is 1. The summed E-state index contributed by atoms with van der Waals surface area (Å²) in [5.74, 6) is -0.529. The number of halogens is 1. The quantitative estimate of drug-likeness (QED) is 0.111. The summed E-state index contributed by atoms with van der Waals surface area (Å²) < 4.78 is 6.46. The predicted molar refractivity (Wildman–Crippen MR) is 144 cm³/mol. The van der Waals surface area contributed by atoms with E-state index in [9.17, 15) is 9.59 Å². The van der Waals surface area contributed by atoms with Gasteiger partial charge in [-0.25, -0.2) is 10.2 Å². The Labute approximate surface area is 215 Å². The molecule has 36 heavy (non-hydrogen) atoms. The first-order valence-corrected chi connectivity index (χ1v) is 12.0. The van der Waals surface area contributed by atoms with Gasteiger partial charge in [0, 0.05) is 26.5 Å². The van der Waals surface area contributed by atoms with Gasteiger partial charge in [0.15, 0.2) is 0 Å². The Kier molecular flexibility index (Phi) is 6.73. The van der Waals surface area contributed by atoms with Crippen LogP contribution in [-0.2, 0) is 0 Å². The summed E-state index contributed by atoms with van der Waals surface area (Å²) in [6, 6.07) is 31.2. The SMILES string of the molecule is O=C(Oc1ccccc1C=NNC(=O)c1[nH]c2ccc(Br)cc2c1-c1ccccc1)c1ccccc1. The van der Waals surface area contributed by atoms with Gasteiger partial charge in [0.05, 0.1) is 11.8 Å². The molecule has 2 N–H and O–H groups in total. The summed E-state index contributed by atoms with van der Waals surface area (Å²) >= 11 is 3.52. The molecule has 0 radical (unpaired) electrons. The molecule has 0 aliphatic rings. The zero-order valence-corrected chi connectivity index (χ0v) is 20.5. The van der Waals surface area contributed by atoms with Crippen molar-refractivity contribution in [2.45, 2.75) is 0 Å². The van der Waals surface area contributed by atoms with Gasteiger partial charge < -0.3 is 9.72 Å². The number of nitrogens with zero attached hydrogens (tertiary/aromatic N) is 1. The molecule has 5 rings (SSSR count). The highest BCUT2D eigenvalue weighted by Gasteiger charge is 2.19. The summed E-state index contributed by atoms with van der Waals surface area (Å²) in [6.07, 6.45) is 1.45. The Balaban J connectivity index is 1.40. The minimum absolute atomic E-state index is 0.338. The number of fused-ring (bicyclic) bond motifs is 1. The first-order chi connectivity index (χ1) is 17.6. The number of aromatic nitrogens is 1. The van der Waals surface area contributed by atoms with Crippen LogP contribution in [0.4, 0.5) is 0 Å². The van der Waals surface area contributed by atoms with Crippen LogP contribution in [0, 0.1) is 0 Å². The van der Waals surface area contributed by atoms with Gasteiger partial charge in [-0.15, -0.1) is 0 Å². The van der Waals surface area contributed by atoms with E-state index in [0.717, 1.165) is 26.5 Å². The minimum Gasteiger partial charge on any atom is -0.422 e. The molecule has 0 aliphatic carbocycles. The number of carbonyl (C=O) groups excluding carboxylic acids is 2. The third-order valence-electron chi connectivity index (χ3n) is 5.55. The van der Waals surface area contributed by atoms with E-state index in [-0.39, 0.29) is 0 Å². The number of amides is 1. The second kappa shape index (κ2) is 10.4. The number of nitrogens with one attached hydrogen (secondary N) is 2. The molecule has 0 saturated heterocycles. The number of aromatic amines is 1. The fourth-order valence-electron chi connectivity index (χ4n) is 3.87. The highest BCUT2D eigenvalue weighted by molar-refractivity contribution is 9.10. The molecular formula is C29H20BrN3O3. The molecule has 0 atom stereocenters. The molecule has 0 saturated carbocycles. The lowest BCUT2D eigenvalue weighted by Gasteiger charge is -2.07. The fourth-order valence-corrected chi connectivity index (χ4v) is 4.23. The van der Waals surface area contributed by atoms with Crippen LogP contribution in [0.1, 0.15) is 26.4 Å². The molecule has 0 spiro atoms. The number of hydrazone groups is 1. The summed E-state index contributed by atoms with van der Waals surface area (Å²) in [7, 11) is 0. The number of carbonyl (C=O) groups is 2. The van der Waals surface area contributed by atoms with E-state index < -0.39 is 11.9 Å². The Morgan fingerprint density at radius 2 is 1.56 bits per heavy atom. The van der Waals surface area contributed by atoms with Gasteiger partial charge in [-0.1, -0.05) is 76.6 Å². The summed E-state index contributed by atoms with van der Waals surface area (Å²) in [5.41, 5.74) is 6.52.